The fourth-order valence-corrected chi connectivity index (χ4v) is 2.30. The van der Waals surface area contributed by atoms with Crippen molar-refractivity contribution in [1.29, 1.82) is 0 Å². The molecule has 140 valence electrons. The summed E-state index contributed by atoms with van der Waals surface area (Å²) in [4.78, 5) is 24.9. The van der Waals surface area contributed by atoms with Gasteiger partial charge in [0.1, 0.15) is 5.60 Å². The van der Waals surface area contributed by atoms with E-state index >= 15 is 0 Å². The molecule has 26 heavy (non-hydrogen) atoms. The van der Waals surface area contributed by atoms with Crippen LogP contribution in [0.15, 0.2) is 30.5 Å². The first-order valence-corrected chi connectivity index (χ1v) is 8.28. The minimum atomic E-state index is -1.07. The first-order valence-electron chi connectivity index (χ1n) is 7.90. The van der Waals surface area contributed by atoms with Crippen molar-refractivity contribution in [2.75, 3.05) is 11.1 Å². The second kappa shape index (κ2) is 7.65. The Morgan fingerprint density at radius 2 is 2.00 bits per heavy atom. The van der Waals surface area contributed by atoms with Gasteiger partial charge in [-0.1, -0.05) is 11.6 Å². The molecule has 1 unspecified atom stereocenters. The summed E-state index contributed by atoms with van der Waals surface area (Å²) in [5.41, 5.74) is 6.21. The Morgan fingerprint density at radius 1 is 1.31 bits per heavy atom. The lowest BCUT2D eigenvalue weighted by Gasteiger charge is -2.22. The number of hydrogen-bond acceptors (Lipinski definition) is 5. The largest absolute Gasteiger partial charge is 0.444 e. The third kappa shape index (κ3) is 5.38. The molecule has 9 heteroatoms. The van der Waals surface area contributed by atoms with Gasteiger partial charge in [0.2, 0.25) is 0 Å². The van der Waals surface area contributed by atoms with Crippen molar-refractivity contribution in [1.82, 2.24) is 15.1 Å². The molecule has 1 atom stereocenters. The molecule has 8 nitrogen and oxygen atoms in total. The molecule has 1 aromatic heterocycles. The molecule has 0 spiro atoms. The molecule has 0 fully saturated rings. The molecule has 0 bridgehead atoms. The van der Waals surface area contributed by atoms with Gasteiger partial charge < -0.3 is 21.1 Å². The van der Waals surface area contributed by atoms with Crippen LogP contribution in [-0.4, -0.2) is 27.4 Å². The zero-order chi connectivity index (χ0) is 19.5. The van der Waals surface area contributed by atoms with E-state index in [-0.39, 0.29) is 0 Å². The molecule has 0 aliphatic carbocycles. The minimum Gasteiger partial charge on any atom is -0.444 e. The van der Waals surface area contributed by atoms with Crippen LogP contribution >= 0.6 is 11.6 Å². The van der Waals surface area contributed by atoms with Crippen LogP contribution in [0.2, 0.25) is 5.02 Å². The third-order valence-corrected chi connectivity index (χ3v) is 3.46. The predicted molar refractivity (Wildman–Crippen MR) is 99.8 cm³/mol. The number of amides is 2. The number of nitrogens with one attached hydrogen (secondary N) is 2. The molecule has 0 radical (unpaired) electrons. The summed E-state index contributed by atoms with van der Waals surface area (Å²) in [7, 11) is 1.71. The number of aryl methyl sites for hydroxylation is 1. The molecule has 2 aromatic rings. The van der Waals surface area contributed by atoms with E-state index in [1.54, 1.807) is 52.2 Å². The van der Waals surface area contributed by atoms with E-state index in [4.69, 9.17) is 22.1 Å². The standard InChI is InChI=1S/C17H22ClN5O3/c1-17(2,3)26-16(25)21-14(12-7-8-23(4)22-12)15(24)20-13-9-10(18)5-6-11(13)19/h5-9,14H,19H2,1-4H3,(H,20,24)(H,21,25). The lowest BCUT2D eigenvalue weighted by Crippen LogP contribution is -2.40. The van der Waals surface area contributed by atoms with Crippen molar-refractivity contribution in [2.24, 2.45) is 7.05 Å². The van der Waals surface area contributed by atoms with Crippen LogP contribution in [0.1, 0.15) is 32.5 Å². The molecule has 0 saturated carbocycles. The number of nitrogens with zero attached hydrogens (tertiary/aromatic N) is 2. The Hall–Kier alpha value is -2.74. The van der Waals surface area contributed by atoms with Crippen molar-refractivity contribution in [3.63, 3.8) is 0 Å². The average molecular weight is 380 g/mol. The highest BCUT2D eigenvalue weighted by Gasteiger charge is 2.28. The number of anilines is 2. The maximum absolute atomic E-state index is 12.8. The Bertz CT molecular complexity index is 813. The summed E-state index contributed by atoms with van der Waals surface area (Å²) in [5.74, 6) is -0.525. The van der Waals surface area contributed by atoms with Crippen LogP contribution < -0.4 is 16.4 Å². The first kappa shape index (κ1) is 19.6. The molecule has 2 amide bonds. The molecular weight excluding hydrogens is 358 g/mol. The van der Waals surface area contributed by atoms with Gasteiger partial charge in [-0.15, -0.1) is 0 Å². The van der Waals surface area contributed by atoms with E-state index in [2.05, 4.69) is 15.7 Å². The number of halogens is 1. The van der Waals surface area contributed by atoms with Gasteiger partial charge in [-0.25, -0.2) is 4.79 Å². The van der Waals surface area contributed by atoms with Gasteiger partial charge >= 0.3 is 6.09 Å². The summed E-state index contributed by atoms with van der Waals surface area (Å²) < 4.78 is 6.76. The van der Waals surface area contributed by atoms with Gasteiger partial charge in [0, 0.05) is 18.3 Å². The zero-order valence-corrected chi connectivity index (χ0v) is 15.8. The summed E-state index contributed by atoms with van der Waals surface area (Å²) in [6, 6.07) is 5.28. The summed E-state index contributed by atoms with van der Waals surface area (Å²) in [6.07, 6.45) is 0.933. The quantitative estimate of drug-likeness (QED) is 0.707. The van der Waals surface area contributed by atoms with E-state index in [0.29, 0.717) is 22.1 Å². The van der Waals surface area contributed by atoms with Crippen molar-refractivity contribution in [3.05, 3.63) is 41.2 Å². The van der Waals surface area contributed by atoms with Gasteiger partial charge in [0.25, 0.3) is 5.91 Å². The lowest BCUT2D eigenvalue weighted by atomic mass is 10.1. The second-order valence-electron chi connectivity index (χ2n) is 6.71. The van der Waals surface area contributed by atoms with E-state index < -0.39 is 23.6 Å². The Balaban J connectivity index is 2.24. The van der Waals surface area contributed by atoms with E-state index in [0.717, 1.165) is 0 Å². The smallest absolute Gasteiger partial charge is 0.408 e. The van der Waals surface area contributed by atoms with Crippen LogP contribution in [0.3, 0.4) is 0 Å². The van der Waals surface area contributed by atoms with Crippen LogP contribution in [0.5, 0.6) is 0 Å². The van der Waals surface area contributed by atoms with Crippen molar-refractivity contribution < 1.29 is 14.3 Å². The number of carbonyl (C=O) groups excluding carboxylic acids is 2. The third-order valence-electron chi connectivity index (χ3n) is 3.23. The molecule has 2 rings (SSSR count). The van der Waals surface area contributed by atoms with E-state index in [1.807, 2.05) is 0 Å². The van der Waals surface area contributed by atoms with Gasteiger partial charge in [0.15, 0.2) is 6.04 Å². The average Bonchev–Trinajstić information content (AvgIpc) is 2.93. The highest BCUT2D eigenvalue weighted by atomic mass is 35.5. The van der Waals surface area contributed by atoms with Crippen LogP contribution in [0.25, 0.3) is 0 Å². The van der Waals surface area contributed by atoms with Crippen LogP contribution in [0, 0.1) is 0 Å². The predicted octanol–water partition coefficient (Wildman–Crippen LogP) is 2.86. The number of nitrogen functional groups attached to an aromatic ring is 1. The van der Waals surface area contributed by atoms with Crippen LogP contribution in [-0.2, 0) is 16.6 Å². The summed E-state index contributed by atoms with van der Waals surface area (Å²) >= 11 is 5.94. The zero-order valence-electron chi connectivity index (χ0n) is 15.0. The van der Waals surface area contributed by atoms with Crippen LogP contribution in [0.4, 0.5) is 16.2 Å². The Kier molecular flexibility index (Phi) is 5.76. The molecule has 4 N–H and O–H groups in total. The molecular formula is C17H22ClN5O3. The monoisotopic (exact) mass is 379 g/mol. The van der Waals surface area contributed by atoms with Crippen molar-refractivity contribution in [3.8, 4) is 0 Å². The Morgan fingerprint density at radius 3 is 2.58 bits per heavy atom. The number of ether oxygens (including phenoxy) is 1. The number of hydrogen-bond donors (Lipinski definition) is 3. The molecule has 1 heterocycles. The van der Waals surface area contributed by atoms with Crippen molar-refractivity contribution in [2.45, 2.75) is 32.4 Å². The van der Waals surface area contributed by atoms with Gasteiger partial charge in [-0.05, 0) is 45.0 Å². The fourth-order valence-electron chi connectivity index (χ4n) is 2.13. The van der Waals surface area contributed by atoms with E-state index in [1.165, 1.54) is 10.7 Å². The molecule has 0 saturated heterocycles. The first-order chi connectivity index (χ1) is 12.0. The molecule has 0 aliphatic rings. The molecule has 1 aromatic carbocycles. The van der Waals surface area contributed by atoms with Gasteiger partial charge in [-0.2, -0.15) is 5.10 Å². The maximum atomic E-state index is 12.8. The lowest BCUT2D eigenvalue weighted by molar-refractivity contribution is -0.118. The van der Waals surface area contributed by atoms with E-state index in [9.17, 15) is 9.59 Å². The highest BCUT2D eigenvalue weighted by Crippen LogP contribution is 2.24. The highest BCUT2D eigenvalue weighted by molar-refractivity contribution is 6.31. The topological polar surface area (TPSA) is 111 Å². The minimum absolute atomic E-state index is 0.342. The van der Waals surface area contributed by atoms with Gasteiger partial charge in [0.05, 0.1) is 17.1 Å². The Labute approximate surface area is 156 Å². The summed E-state index contributed by atoms with van der Waals surface area (Å²) in [5, 5.41) is 9.81. The van der Waals surface area contributed by atoms with Gasteiger partial charge in [-0.3, -0.25) is 9.48 Å². The normalized spacial score (nSPS) is 12.3. The maximum Gasteiger partial charge on any atom is 0.408 e. The number of carbonyl (C=O) groups is 2. The number of nitrogens with two attached hydrogens (primary N) is 1. The summed E-state index contributed by atoms with van der Waals surface area (Å²) in [6.45, 7) is 5.19. The number of aromatic nitrogens is 2. The fraction of sp³-hybridized carbons (Fsp3) is 0.353. The number of alkyl carbamates (subject to hydrolysis) is 1. The number of benzene rings is 1. The van der Waals surface area contributed by atoms with Crippen molar-refractivity contribution >= 4 is 35.0 Å². The SMILES string of the molecule is Cn1ccc(C(NC(=O)OC(C)(C)C)C(=O)Nc2cc(Cl)ccc2N)n1. The second-order valence-corrected chi connectivity index (χ2v) is 7.15. The number of rotatable bonds is 4. The molecule has 0 aliphatic heterocycles.